The number of hydrogen-bond donors (Lipinski definition) is 5. The second-order valence-corrected chi connectivity index (χ2v) is 18.1. The van der Waals surface area contributed by atoms with Gasteiger partial charge < -0.3 is 69.0 Å². The summed E-state index contributed by atoms with van der Waals surface area (Å²) in [5.41, 5.74) is 5.59. The minimum absolute atomic E-state index is 0.0226. The first kappa shape index (κ1) is 46.5. The van der Waals surface area contributed by atoms with Gasteiger partial charge in [-0.3, -0.25) is 28.1 Å². The minimum Gasteiger partial charge on any atom is -0.790 e. The fourth-order valence-electron chi connectivity index (χ4n) is 5.02. The normalized spacial score (nSPS) is 21.4. The molecule has 1 saturated heterocycles. The third-order valence-corrected chi connectivity index (χ3v) is 11.9. The number of fused-ring (bicyclic) bond motifs is 1. The van der Waals surface area contributed by atoms with Crippen LogP contribution < -0.4 is 35.9 Å². The van der Waals surface area contributed by atoms with Crippen LogP contribution in [-0.4, -0.2) is 103 Å². The molecule has 0 radical (unpaired) electrons. The summed E-state index contributed by atoms with van der Waals surface area (Å²) in [4.78, 5) is 96.4. The van der Waals surface area contributed by atoms with Gasteiger partial charge in [-0.15, -0.1) is 0 Å². The van der Waals surface area contributed by atoms with Crippen molar-refractivity contribution in [3.63, 3.8) is 0 Å². The summed E-state index contributed by atoms with van der Waals surface area (Å²) in [5, 5.41) is 26.1. The number of carbonyl (C=O) groups excluding carboxylic acids is 3. The molecule has 0 aliphatic carbocycles. The number of aliphatic hydroxyl groups is 2. The number of amides is 2. The fourth-order valence-corrected chi connectivity index (χ4v) is 8.45. The molecule has 1 aromatic carbocycles. The van der Waals surface area contributed by atoms with E-state index < -0.39 is 84.6 Å². The number of nitrogens with two attached hydrogens (primary N) is 1. The largest absolute Gasteiger partial charge is 0.790 e. The van der Waals surface area contributed by atoms with Crippen LogP contribution in [0.2, 0.25) is 0 Å². The molecule has 3 heterocycles. The Morgan fingerprint density at radius 2 is 1.70 bits per heavy atom. The molecule has 0 bridgehead atoms. The molecule has 2 aromatic heterocycles. The Hall–Kier alpha value is -3.22. The van der Waals surface area contributed by atoms with Crippen LogP contribution in [-0.2, 0) is 45.9 Å². The lowest BCUT2D eigenvalue weighted by Crippen LogP contribution is -2.46. The van der Waals surface area contributed by atoms with Gasteiger partial charge in [0.25, 0.3) is 15.6 Å². The number of nitrogens with zero attached hydrogens (tertiary/aromatic N) is 4. The standard InChI is InChI=1S/C29H42N7O17P3S/c1-16-4-6-17(7-5-16)28(41)57-11-10-31-19(37)8-9-32-26(40)23(39)29(2,3)13-50-56(47,48)53-55(45,46)49-12-18-22(52-54(42,43)44)21(38)27(51-18)36-15-35-20-24(30)33-14-34-25(20)36/h4-7,14-15,18,21-23,27,38-39H,8-13H2,1-3H3,(H,31,37)(H,32,40)(H,45,46)(H,47,48)(H2,30,33,34)(H2,42,43,44)/p-4/t18-,21-,22-,23+,27-/m1/s1. The summed E-state index contributed by atoms with van der Waals surface area (Å²) in [6.45, 7) is 1.94. The molecule has 0 spiro atoms. The van der Waals surface area contributed by atoms with Gasteiger partial charge in [0, 0.05) is 36.2 Å². The molecule has 3 aromatic rings. The number of nitrogen functional groups attached to an aromatic ring is 1. The van der Waals surface area contributed by atoms with Gasteiger partial charge in [-0.1, -0.05) is 55.4 Å². The Morgan fingerprint density at radius 3 is 2.37 bits per heavy atom. The number of aryl methyl sites for hydroxylation is 1. The zero-order valence-electron chi connectivity index (χ0n) is 30.2. The second kappa shape index (κ2) is 19.2. The van der Waals surface area contributed by atoms with Crippen molar-refractivity contribution in [2.75, 3.05) is 37.8 Å². The topological polar surface area (TPSA) is 375 Å². The van der Waals surface area contributed by atoms with Gasteiger partial charge in [0.05, 0.1) is 27.4 Å². The molecular weight excluding hydrogens is 843 g/mol. The predicted molar refractivity (Wildman–Crippen MR) is 189 cm³/mol. The number of rotatable bonds is 20. The van der Waals surface area contributed by atoms with E-state index in [-0.39, 0.29) is 41.6 Å². The van der Waals surface area contributed by atoms with Crippen molar-refractivity contribution in [1.29, 1.82) is 0 Å². The molecule has 7 atom stereocenters. The third-order valence-electron chi connectivity index (χ3n) is 8.00. The number of imidazole rings is 1. The van der Waals surface area contributed by atoms with Gasteiger partial charge in [0.2, 0.25) is 16.9 Å². The van der Waals surface area contributed by atoms with Crippen LogP contribution in [0.5, 0.6) is 0 Å². The number of anilines is 1. The number of thioether (sulfide) groups is 1. The molecule has 1 aliphatic heterocycles. The van der Waals surface area contributed by atoms with Crippen molar-refractivity contribution in [3.05, 3.63) is 48.0 Å². The molecule has 24 nitrogen and oxygen atoms in total. The van der Waals surface area contributed by atoms with E-state index in [0.717, 1.165) is 34.5 Å². The van der Waals surface area contributed by atoms with Gasteiger partial charge in [0.15, 0.2) is 17.7 Å². The van der Waals surface area contributed by atoms with E-state index in [1.165, 1.54) is 13.8 Å². The highest BCUT2D eigenvalue weighted by Gasteiger charge is 2.47. The van der Waals surface area contributed by atoms with Crippen LogP contribution in [0.15, 0.2) is 36.9 Å². The third kappa shape index (κ3) is 13.4. The number of carbonyl (C=O) groups is 3. The van der Waals surface area contributed by atoms with E-state index in [4.69, 9.17) is 10.5 Å². The summed E-state index contributed by atoms with van der Waals surface area (Å²) >= 11 is 1.02. The Labute approximate surface area is 328 Å². The summed E-state index contributed by atoms with van der Waals surface area (Å²) in [6.07, 6.45) is -7.61. The number of phosphoric acid groups is 3. The molecular formula is C29H38N7O17P3S-4. The molecule has 1 fully saturated rings. The van der Waals surface area contributed by atoms with Gasteiger partial charge in [-0.2, -0.15) is 0 Å². The second-order valence-electron chi connectivity index (χ2n) is 13.0. The van der Waals surface area contributed by atoms with E-state index >= 15 is 0 Å². The number of aromatic nitrogens is 4. The SMILES string of the molecule is Cc1ccc(C(=O)SCCNC(=O)CCNC(=O)[C@H](O)C(C)(C)COP(=O)([O-])OP(=O)([O-])OC[C@H]2O[C@@H](n3cnc4c(N)ncnc43)[C@H](O)[C@@H]2OP(=O)([O-])[O-])cc1. The van der Waals surface area contributed by atoms with Crippen LogP contribution in [0.4, 0.5) is 5.82 Å². The van der Waals surface area contributed by atoms with Gasteiger partial charge >= 0.3 is 0 Å². The Kier molecular flexibility index (Phi) is 15.7. The highest BCUT2D eigenvalue weighted by Crippen LogP contribution is 2.56. The van der Waals surface area contributed by atoms with E-state index in [0.29, 0.717) is 11.3 Å². The van der Waals surface area contributed by atoms with Crippen molar-refractivity contribution in [1.82, 2.24) is 30.2 Å². The predicted octanol–water partition coefficient (Wildman–Crippen LogP) is -2.24. The van der Waals surface area contributed by atoms with E-state index in [1.54, 1.807) is 24.3 Å². The molecule has 28 heteroatoms. The summed E-state index contributed by atoms with van der Waals surface area (Å²) in [5.74, 6) is -1.28. The molecule has 0 saturated carbocycles. The van der Waals surface area contributed by atoms with Crippen molar-refractivity contribution in [2.45, 2.75) is 57.8 Å². The maximum absolute atomic E-state index is 12.5. The maximum atomic E-state index is 12.5. The molecule has 316 valence electrons. The first-order valence-corrected chi connectivity index (χ1v) is 21.9. The zero-order chi connectivity index (χ0) is 42.3. The van der Waals surface area contributed by atoms with Gasteiger partial charge in [-0.05, 0) is 6.92 Å². The summed E-state index contributed by atoms with van der Waals surface area (Å²) in [6, 6.07) is 7.01. The van der Waals surface area contributed by atoms with E-state index in [2.05, 4.69) is 43.5 Å². The van der Waals surface area contributed by atoms with Crippen LogP contribution in [0.25, 0.3) is 11.2 Å². The number of ether oxygens (including phenoxy) is 1. The lowest BCUT2D eigenvalue weighted by molar-refractivity contribution is -0.347. The quantitative estimate of drug-likeness (QED) is 0.0591. The summed E-state index contributed by atoms with van der Waals surface area (Å²) < 4.78 is 60.5. The van der Waals surface area contributed by atoms with Crippen LogP contribution in [0, 0.1) is 12.3 Å². The Balaban J connectivity index is 1.23. The lowest BCUT2D eigenvalue weighted by atomic mass is 9.87. The monoisotopic (exact) mass is 881 g/mol. The van der Waals surface area contributed by atoms with Crippen molar-refractivity contribution < 1.29 is 80.5 Å². The Morgan fingerprint density at radius 1 is 1.04 bits per heavy atom. The number of phosphoric ester groups is 3. The van der Waals surface area contributed by atoms with Crippen molar-refractivity contribution in [3.8, 4) is 0 Å². The average molecular weight is 882 g/mol. The number of hydrogen-bond acceptors (Lipinski definition) is 22. The molecule has 1 aliphatic rings. The van der Waals surface area contributed by atoms with E-state index in [1.807, 2.05) is 6.92 Å². The minimum atomic E-state index is -5.92. The first-order valence-electron chi connectivity index (χ1n) is 16.5. The fraction of sp³-hybridized carbons (Fsp3) is 0.517. The van der Waals surface area contributed by atoms with Crippen molar-refractivity contribution in [2.24, 2.45) is 5.41 Å². The number of benzene rings is 1. The summed E-state index contributed by atoms with van der Waals surface area (Å²) in [7, 11) is -17.6. The maximum Gasteiger partial charge on any atom is 0.274 e. The van der Waals surface area contributed by atoms with E-state index in [9.17, 15) is 57.9 Å². The first-order chi connectivity index (χ1) is 26.5. The zero-order valence-corrected chi connectivity index (χ0v) is 33.7. The van der Waals surface area contributed by atoms with Crippen LogP contribution in [0.3, 0.4) is 0 Å². The van der Waals surface area contributed by atoms with Crippen LogP contribution >= 0.6 is 35.2 Å². The van der Waals surface area contributed by atoms with Gasteiger partial charge in [-0.25, -0.2) is 19.3 Å². The molecule has 6 N–H and O–H groups in total. The highest BCUT2D eigenvalue weighted by molar-refractivity contribution is 8.14. The molecule has 57 heavy (non-hydrogen) atoms. The van der Waals surface area contributed by atoms with Gasteiger partial charge in [0.1, 0.15) is 36.3 Å². The highest BCUT2D eigenvalue weighted by atomic mass is 32.2. The molecule has 2 unspecified atom stereocenters. The molecule has 4 rings (SSSR count). The lowest BCUT2D eigenvalue weighted by Gasteiger charge is -2.36. The molecule has 2 amide bonds. The number of nitrogens with one attached hydrogen (secondary N) is 2. The Bertz CT molecular complexity index is 2050. The average Bonchev–Trinajstić information content (AvgIpc) is 3.68. The number of aliphatic hydroxyl groups excluding tert-OH is 2. The smallest absolute Gasteiger partial charge is 0.274 e. The van der Waals surface area contributed by atoms with Crippen molar-refractivity contribution >= 4 is 69.1 Å². The van der Waals surface area contributed by atoms with Crippen LogP contribution in [0.1, 0.15) is 42.4 Å².